The number of aromatic nitrogens is 1. The van der Waals surface area contributed by atoms with Crippen LogP contribution in [0.15, 0.2) is 36.7 Å². The Morgan fingerprint density at radius 1 is 1.15 bits per heavy atom. The highest BCUT2D eigenvalue weighted by atomic mass is 14.6. The molecule has 1 heterocycles. The lowest BCUT2D eigenvalue weighted by Crippen LogP contribution is -1.92. The van der Waals surface area contributed by atoms with E-state index >= 15 is 0 Å². The van der Waals surface area contributed by atoms with Crippen LogP contribution in [0.4, 0.5) is 0 Å². The van der Waals surface area contributed by atoms with Crippen LogP contribution in [-0.2, 0) is 6.42 Å². The predicted octanol–water partition coefficient (Wildman–Crippen LogP) is 2.80. The topological polar surface area (TPSA) is 12.9 Å². The van der Waals surface area contributed by atoms with Gasteiger partial charge >= 0.3 is 0 Å². The van der Waals surface area contributed by atoms with Gasteiger partial charge in [0, 0.05) is 23.3 Å². The zero-order valence-electron chi connectivity index (χ0n) is 7.20. The molecule has 1 aliphatic carbocycles. The maximum Gasteiger partial charge on any atom is 0.0346 e. The molecule has 0 aliphatic heterocycles. The highest BCUT2D eigenvalue weighted by Crippen LogP contribution is 2.26. The van der Waals surface area contributed by atoms with Crippen LogP contribution in [0.3, 0.4) is 0 Å². The number of pyridine rings is 1. The Bertz CT molecular complexity index is 492. The first-order valence-electron chi connectivity index (χ1n) is 4.47. The molecule has 62 valence electrons. The summed E-state index contributed by atoms with van der Waals surface area (Å²) in [6.07, 6.45) is 9.26. The van der Waals surface area contributed by atoms with E-state index < -0.39 is 0 Å². The third kappa shape index (κ3) is 0.903. The van der Waals surface area contributed by atoms with E-state index in [4.69, 9.17) is 0 Å². The van der Waals surface area contributed by atoms with Crippen LogP contribution in [0.25, 0.3) is 16.8 Å². The molecule has 0 N–H and O–H groups in total. The molecule has 0 amide bonds. The monoisotopic (exact) mass is 167 g/mol. The Balaban J connectivity index is 2.56. The van der Waals surface area contributed by atoms with Crippen molar-refractivity contribution in [1.82, 2.24) is 4.98 Å². The number of allylic oxidation sites excluding steroid dienone is 1. The summed E-state index contributed by atoms with van der Waals surface area (Å²) in [5, 5.41) is 2.62. The molecular weight excluding hydrogens is 158 g/mol. The molecule has 0 bridgehead atoms. The second-order valence-electron chi connectivity index (χ2n) is 3.35. The molecule has 1 heteroatoms. The van der Waals surface area contributed by atoms with Crippen molar-refractivity contribution in [3.63, 3.8) is 0 Å². The van der Waals surface area contributed by atoms with Crippen LogP contribution < -0.4 is 0 Å². The molecule has 0 spiro atoms. The largest absolute Gasteiger partial charge is 0.263 e. The zero-order chi connectivity index (χ0) is 8.67. The molecular formula is C12H9N. The van der Waals surface area contributed by atoms with Crippen molar-refractivity contribution in [2.75, 3.05) is 0 Å². The number of nitrogens with zero attached hydrogens (tertiary/aromatic N) is 1. The molecule has 2 aromatic rings. The third-order valence-corrected chi connectivity index (χ3v) is 2.53. The Morgan fingerprint density at radius 3 is 3.15 bits per heavy atom. The van der Waals surface area contributed by atoms with Crippen LogP contribution >= 0.6 is 0 Å². The van der Waals surface area contributed by atoms with E-state index in [2.05, 4.69) is 35.3 Å². The Kier molecular flexibility index (Phi) is 1.28. The van der Waals surface area contributed by atoms with Gasteiger partial charge in [-0.1, -0.05) is 30.4 Å². The van der Waals surface area contributed by atoms with Gasteiger partial charge in [-0.3, -0.25) is 4.98 Å². The summed E-state index contributed by atoms with van der Waals surface area (Å²) in [5.74, 6) is 0. The van der Waals surface area contributed by atoms with E-state index in [-0.39, 0.29) is 0 Å². The van der Waals surface area contributed by atoms with Gasteiger partial charge in [-0.25, -0.2) is 0 Å². The minimum atomic E-state index is 1.05. The number of benzene rings is 1. The van der Waals surface area contributed by atoms with Gasteiger partial charge in [0.2, 0.25) is 0 Å². The van der Waals surface area contributed by atoms with Crippen molar-refractivity contribution >= 4 is 16.8 Å². The van der Waals surface area contributed by atoms with Crippen molar-refractivity contribution in [3.05, 3.63) is 47.8 Å². The second-order valence-corrected chi connectivity index (χ2v) is 3.35. The van der Waals surface area contributed by atoms with Gasteiger partial charge < -0.3 is 0 Å². The van der Waals surface area contributed by atoms with Crippen molar-refractivity contribution < 1.29 is 0 Å². The second kappa shape index (κ2) is 2.43. The quantitative estimate of drug-likeness (QED) is 0.588. The molecule has 1 aliphatic rings. The maximum atomic E-state index is 4.21. The van der Waals surface area contributed by atoms with Crippen molar-refractivity contribution in [1.29, 1.82) is 0 Å². The summed E-state index contributed by atoms with van der Waals surface area (Å²) in [6.45, 7) is 0. The normalized spacial score (nSPS) is 13.5. The van der Waals surface area contributed by atoms with E-state index in [1.165, 1.54) is 21.9 Å². The molecule has 0 saturated heterocycles. The van der Waals surface area contributed by atoms with E-state index in [0.29, 0.717) is 0 Å². The summed E-state index contributed by atoms with van der Waals surface area (Å²) in [5.41, 5.74) is 2.66. The Hall–Kier alpha value is -1.63. The van der Waals surface area contributed by atoms with Crippen molar-refractivity contribution in [2.24, 2.45) is 0 Å². The van der Waals surface area contributed by atoms with Crippen LogP contribution in [-0.4, -0.2) is 4.98 Å². The minimum absolute atomic E-state index is 1.05. The maximum absolute atomic E-state index is 4.21. The van der Waals surface area contributed by atoms with E-state index in [1.807, 2.05) is 12.4 Å². The first-order chi connectivity index (χ1) is 6.45. The lowest BCUT2D eigenvalue weighted by Gasteiger charge is -2.10. The van der Waals surface area contributed by atoms with Gasteiger partial charge in [0.25, 0.3) is 0 Å². The molecule has 13 heavy (non-hydrogen) atoms. The molecule has 3 rings (SSSR count). The zero-order valence-corrected chi connectivity index (χ0v) is 7.20. The molecule has 1 aromatic heterocycles. The summed E-state index contributed by atoms with van der Waals surface area (Å²) < 4.78 is 0. The summed E-state index contributed by atoms with van der Waals surface area (Å²) in [6, 6.07) is 6.41. The van der Waals surface area contributed by atoms with Crippen LogP contribution in [0.2, 0.25) is 0 Å². The van der Waals surface area contributed by atoms with Gasteiger partial charge in [-0.05, 0) is 17.4 Å². The predicted molar refractivity (Wildman–Crippen MR) is 54.5 cm³/mol. The molecule has 1 nitrogen and oxygen atoms in total. The van der Waals surface area contributed by atoms with Gasteiger partial charge in [0.05, 0.1) is 0 Å². The average molecular weight is 167 g/mol. The SMILES string of the molecule is C1=Cc2cncc3cccc(c23)C1. The smallest absolute Gasteiger partial charge is 0.0346 e. The third-order valence-electron chi connectivity index (χ3n) is 2.53. The first kappa shape index (κ1) is 6.84. The molecule has 0 unspecified atom stereocenters. The molecule has 1 aromatic carbocycles. The summed E-state index contributed by atoms with van der Waals surface area (Å²) >= 11 is 0. The number of hydrogen-bond acceptors (Lipinski definition) is 1. The van der Waals surface area contributed by atoms with E-state index in [0.717, 1.165) is 6.42 Å². The molecule has 0 radical (unpaired) electrons. The van der Waals surface area contributed by atoms with Gasteiger partial charge in [0.15, 0.2) is 0 Å². The lowest BCUT2D eigenvalue weighted by molar-refractivity contribution is 1.26. The summed E-state index contributed by atoms with van der Waals surface area (Å²) in [4.78, 5) is 4.21. The number of hydrogen-bond donors (Lipinski definition) is 0. The van der Waals surface area contributed by atoms with Crippen LogP contribution in [0.1, 0.15) is 11.1 Å². The number of rotatable bonds is 0. The average Bonchev–Trinajstić information content (AvgIpc) is 2.19. The fourth-order valence-corrected chi connectivity index (χ4v) is 1.95. The summed E-state index contributed by atoms with van der Waals surface area (Å²) in [7, 11) is 0. The Labute approximate surface area is 76.7 Å². The molecule has 0 fully saturated rings. The van der Waals surface area contributed by atoms with Gasteiger partial charge in [0.1, 0.15) is 0 Å². The first-order valence-corrected chi connectivity index (χ1v) is 4.47. The minimum Gasteiger partial charge on any atom is -0.263 e. The van der Waals surface area contributed by atoms with Gasteiger partial charge in [-0.2, -0.15) is 0 Å². The Morgan fingerprint density at radius 2 is 2.15 bits per heavy atom. The highest BCUT2D eigenvalue weighted by Gasteiger charge is 2.06. The van der Waals surface area contributed by atoms with Crippen LogP contribution in [0.5, 0.6) is 0 Å². The fraction of sp³-hybridized carbons (Fsp3) is 0.0833. The lowest BCUT2D eigenvalue weighted by atomic mass is 9.95. The standard InChI is InChI=1S/C12H9N/c1-3-9-4-2-6-11-8-13-7-10(5-1)12(9)11/h1-3,5-8H,4H2. The van der Waals surface area contributed by atoms with Crippen molar-refractivity contribution in [2.45, 2.75) is 6.42 Å². The van der Waals surface area contributed by atoms with Crippen LogP contribution in [0, 0.1) is 0 Å². The molecule has 0 atom stereocenters. The van der Waals surface area contributed by atoms with E-state index in [1.54, 1.807) is 0 Å². The van der Waals surface area contributed by atoms with E-state index in [9.17, 15) is 0 Å². The van der Waals surface area contributed by atoms with Gasteiger partial charge in [-0.15, -0.1) is 0 Å². The highest BCUT2D eigenvalue weighted by molar-refractivity contribution is 5.94. The fourth-order valence-electron chi connectivity index (χ4n) is 1.95. The van der Waals surface area contributed by atoms with Crippen molar-refractivity contribution in [3.8, 4) is 0 Å². The molecule has 0 saturated carbocycles.